The molecule has 0 spiro atoms. The number of carbonyl (C=O) groups excluding carboxylic acids is 4. The Hall–Kier alpha value is -1.94. The highest BCUT2D eigenvalue weighted by Gasteiger charge is 2.30. The Kier molecular flexibility index (Phi) is 64.9. The third-order valence-corrected chi connectivity index (χ3v) is 19.3. The van der Waals surface area contributed by atoms with Crippen LogP contribution in [-0.2, 0) is 65.4 Å². The van der Waals surface area contributed by atoms with Crippen LogP contribution in [0.5, 0.6) is 0 Å². The number of aliphatic hydroxyl groups excluding tert-OH is 1. The molecule has 546 valence electrons. The number of carbonyl (C=O) groups is 4. The summed E-state index contributed by atoms with van der Waals surface area (Å²) in [5.41, 5.74) is 0. The van der Waals surface area contributed by atoms with Crippen LogP contribution in [0.3, 0.4) is 0 Å². The van der Waals surface area contributed by atoms with Crippen LogP contribution in [0.1, 0.15) is 381 Å². The zero-order valence-corrected chi connectivity index (χ0v) is 61.5. The van der Waals surface area contributed by atoms with Gasteiger partial charge >= 0.3 is 39.5 Å². The van der Waals surface area contributed by atoms with E-state index in [1.807, 2.05) is 0 Å². The summed E-state index contributed by atoms with van der Waals surface area (Å²) >= 11 is 0. The van der Waals surface area contributed by atoms with Gasteiger partial charge in [0.05, 0.1) is 26.4 Å². The molecule has 0 aromatic rings. The first kappa shape index (κ1) is 90.1. The van der Waals surface area contributed by atoms with Crippen LogP contribution in [0.25, 0.3) is 0 Å². The van der Waals surface area contributed by atoms with Gasteiger partial charge in [0.2, 0.25) is 0 Å². The van der Waals surface area contributed by atoms with E-state index in [9.17, 15) is 43.2 Å². The maximum atomic E-state index is 13.1. The number of phosphoric ester groups is 2. The molecule has 0 aliphatic carbocycles. The Morgan fingerprint density at radius 2 is 0.522 bits per heavy atom. The first-order valence-corrected chi connectivity index (χ1v) is 41.2. The molecule has 0 fully saturated rings. The van der Waals surface area contributed by atoms with E-state index in [1.165, 1.54) is 205 Å². The number of hydrogen-bond donors (Lipinski definition) is 3. The van der Waals surface area contributed by atoms with Crippen LogP contribution >= 0.6 is 15.6 Å². The molecule has 92 heavy (non-hydrogen) atoms. The topological polar surface area (TPSA) is 237 Å². The van der Waals surface area contributed by atoms with Crippen molar-refractivity contribution in [3.8, 4) is 0 Å². The fourth-order valence-electron chi connectivity index (χ4n) is 11.1. The first-order valence-electron chi connectivity index (χ1n) is 38.2. The molecule has 17 nitrogen and oxygen atoms in total. The van der Waals surface area contributed by atoms with Gasteiger partial charge in [-0.25, -0.2) is 9.13 Å². The molecule has 3 unspecified atom stereocenters. The SMILES string of the molecule is CCCCCCCCCCCCCCCCCCC(=O)OC[C@H](COP(=O)(O)OC[C@@H](O)COP(=O)(O)OC[C@@H](COC(=O)CCCCCCCCCCCC)OC(=O)CCCCCCCCC(C)CC)OC(=O)CCCCCCCCCCCCCCCCCC. The minimum atomic E-state index is -4.95. The van der Waals surface area contributed by atoms with Crippen LogP contribution in [0, 0.1) is 5.92 Å². The van der Waals surface area contributed by atoms with Crippen molar-refractivity contribution in [1.29, 1.82) is 0 Å². The van der Waals surface area contributed by atoms with Gasteiger partial charge < -0.3 is 33.8 Å². The number of rotatable bonds is 73. The predicted molar refractivity (Wildman–Crippen MR) is 372 cm³/mol. The van der Waals surface area contributed by atoms with Crippen LogP contribution in [0.2, 0.25) is 0 Å². The van der Waals surface area contributed by atoms with Crippen molar-refractivity contribution in [2.24, 2.45) is 5.92 Å². The Labute approximate surface area is 562 Å². The van der Waals surface area contributed by atoms with Crippen LogP contribution in [0.15, 0.2) is 0 Å². The Balaban J connectivity index is 5.23. The van der Waals surface area contributed by atoms with E-state index in [0.29, 0.717) is 25.7 Å². The van der Waals surface area contributed by atoms with E-state index < -0.39 is 97.5 Å². The number of esters is 4. The monoisotopic (exact) mass is 1350 g/mol. The van der Waals surface area contributed by atoms with Crippen molar-refractivity contribution < 1.29 is 80.2 Å². The van der Waals surface area contributed by atoms with Gasteiger partial charge in [-0.15, -0.1) is 0 Å². The second-order valence-electron chi connectivity index (χ2n) is 26.6. The summed E-state index contributed by atoms with van der Waals surface area (Å²) in [6.45, 7) is 7.22. The summed E-state index contributed by atoms with van der Waals surface area (Å²) in [5, 5.41) is 10.6. The summed E-state index contributed by atoms with van der Waals surface area (Å²) in [5.74, 6) is -1.40. The largest absolute Gasteiger partial charge is 0.472 e. The molecule has 0 radical (unpaired) electrons. The van der Waals surface area contributed by atoms with E-state index in [4.69, 9.17) is 37.0 Å². The van der Waals surface area contributed by atoms with E-state index in [2.05, 4.69) is 34.6 Å². The molecule has 0 aromatic heterocycles. The average molecular weight is 1350 g/mol. The minimum absolute atomic E-state index is 0.103. The van der Waals surface area contributed by atoms with Crippen molar-refractivity contribution in [2.75, 3.05) is 39.6 Å². The lowest BCUT2D eigenvalue weighted by molar-refractivity contribution is -0.161. The minimum Gasteiger partial charge on any atom is -0.462 e. The fourth-order valence-corrected chi connectivity index (χ4v) is 12.7. The van der Waals surface area contributed by atoms with Crippen molar-refractivity contribution in [3.05, 3.63) is 0 Å². The van der Waals surface area contributed by atoms with Crippen LogP contribution < -0.4 is 0 Å². The molecular formula is C73H142O17P2. The summed E-state index contributed by atoms with van der Waals surface area (Å²) in [4.78, 5) is 72.6. The van der Waals surface area contributed by atoms with Crippen molar-refractivity contribution in [2.45, 2.75) is 400 Å². The molecule has 0 aromatic carbocycles. The quantitative estimate of drug-likeness (QED) is 0.0222. The standard InChI is InChI=1S/C73H142O17P2/c1-6-10-13-16-19-22-25-27-29-31-33-35-38-41-47-52-57-71(76)83-62-68(89-72(77)58-53-48-42-39-36-34-32-30-28-26-23-20-17-14-11-7-2)64-87-91(79,80)85-60-67(74)61-86-92(81,82)88-65-69(90-73(78)59-54-49-44-43-45-50-55-66(5)9-4)63-84-70(75)56-51-46-40-37-24-21-18-15-12-8-3/h66-69,74H,6-65H2,1-5H3,(H,79,80)(H,81,82)/t66?,67-,68-,69-/m1/s1. The number of phosphoric acid groups is 2. The summed E-state index contributed by atoms with van der Waals surface area (Å²) < 4.78 is 68.4. The normalized spacial score (nSPS) is 14.3. The highest BCUT2D eigenvalue weighted by atomic mass is 31.2. The lowest BCUT2D eigenvalue weighted by Gasteiger charge is -2.21. The molecule has 0 heterocycles. The molecule has 0 saturated carbocycles. The van der Waals surface area contributed by atoms with E-state index in [1.54, 1.807) is 0 Å². The molecule has 0 rings (SSSR count). The third-order valence-electron chi connectivity index (χ3n) is 17.4. The zero-order chi connectivity index (χ0) is 67.7. The summed E-state index contributed by atoms with van der Waals surface area (Å²) in [6.07, 6.45) is 54.1. The molecule has 3 N–H and O–H groups in total. The number of ether oxygens (including phenoxy) is 4. The van der Waals surface area contributed by atoms with Crippen molar-refractivity contribution in [3.63, 3.8) is 0 Å². The second-order valence-corrected chi connectivity index (χ2v) is 29.5. The van der Waals surface area contributed by atoms with Gasteiger partial charge in [-0.3, -0.25) is 37.3 Å². The molecule has 0 amide bonds. The van der Waals surface area contributed by atoms with Crippen LogP contribution in [0.4, 0.5) is 0 Å². The molecule has 0 saturated heterocycles. The Bertz CT molecular complexity index is 1770. The second kappa shape index (κ2) is 66.3. The van der Waals surface area contributed by atoms with Gasteiger partial charge in [-0.05, 0) is 31.6 Å². The van der Waals surface area contributed by atoms with Gasteiger partial charge in [0.1, 0.15) is 19.3 Å². The molecular weight excluding hydrogens is 1210 g/mol. The maximum absolute atomic E-state index is 13.1. The molecule has 0 bridgehead atoms. The predicted octanol–water partition coefficient (Wildman–Crippen LogP) is 21.3. The Morgan fingerprint density at radius 3 is 0.772 bits per heavy atom. The van der Waals surface area contributed by atoms with E-state index >= 15 is 0 Å². The maximum Gasteiger partial charge on any atom is 0.472 e. The molecule has 0 aliphatic heterocycles. The molecule has 19 heteroatoms. The van der Waals surface area contributed by atoms with Crippen LogP contribution in [-0.4, -0.2) is 96.7 Å². The highest BCUT2D eigenvalue weighted by molar-refractivity contribution is 7.47. The lowest BCUT2D eigenvalue weighted by Crippen LogP contribution is -2.30. The number of hydrogen-bond acceptors (Lipinski definition) is 15. The summed E-state index contributed by atoms with van der Waals surface area (Å²) in [6, 6.07) is 0. The van der Waals surface area contributed by atoms with Gasteiger partial charge in [-0.2, -0.15) is 0 Å². The highest BCUT2D eigenvalue weighted by Crippen LogP contribution is 2.45. The smallest absolute Gasteiger partial charge is 0.462 e. The fraction of sp³-hybridized carbons (Fsp3) is 0.945. The van der Waals surface area contributed by atoms with E-state index in [0.717, 1.165) is 95.8 Å². The van der Waals surface area contributed by atoms with Gasteiger partial charge in [0.15, 0.2) is 12.2 Å². The molecule has 0 aliphatic rings. The van der Waals surface area contributed by atoms with E-state index in [-0.39, 0.29) is 25.7 Å². The number of aliphatic hydroxyl groups is 1. The number of unbranched alkanes of at least 4 members (excludes halogenated alkanes) is 44. The van der Waals surface area contributed by atoms with Gasteiger partial charge in [0.25, 0.3) is 0 Å². The summed E-state index contributed by atoms with van der Waals surface area (Å²) in [7, 11) is -9.90. The van der Waals surface area contributed by atoms with Gasteiger partial charge in [0, 0.05) is 25.7 Å². The van der Waals surface area contributed by atoms with Gasteiger partial charge in [-0.1, -0.05) is 330 Å². The van der Waals surface area contributed by atoms with Crippen molar-refractivity contribution >= 4 is 39.5 Å². The lowest BCUT2D eigenvalue weighted by atomic mass is 10.00. The zero-order valence-electron chi connectivity index (χ0n) is 59.7. The first-order chi connectivity index (χ1) is 44.6. The molecule has 6 atom stereocenters. The third kappa shape index (κ3) is 65.4. The average Bonchev–Trinajstić information content (AvgIpc) is 2.02. The Morgan fingerprint density at radius 1 is 0.304 bits per heavy atom. The van der Waals surface area contributed by atoms with Crippen molar-refractivity contribution in [1.82, 2.24) is 0 Å².